The summed E-state index contributed by atoms with van der Waals surface area (Å²) in [6, 6.07) is 8.59. The highest BCUT2D eigenvalue weighted by Gasteiger charge is 2.45. The van der Waals surface area contributed by atoms with Gasteiger partial charge in [0.05, 0.1) is 17.1 Å². The van der Waals surface area contributed by atoms with E-state index in [1.165, 1.54) is 16.8 Å². The molecule has 5 rings (SSSR count). The average molecular weight is 638 g/mol. The van der Waals surface area contributed by atoms with Crippen molar-refractivity contribution in [3.8, 4) is 0 Å². The topological polar surface area (TPSA) is 119 Å². The van der Waals surface area contributed by atoms with Crippen molar-refractivity contribution in [2.45, 2.75) is 51.9 Å². The third-order valence-corrected chi connectivity index (χ3v) is 8.00. The number of carbonyl (C=O) groups is 1. The molecule has 11 heteroatoms. The fraction of sp³-hybridized carbons (Fsp3) is 0.333. The molecule has 2 aliphatic rings. The van der Waals surface area contributed by atoms with Gasteiger partial charge in [-0.25, -0.2) is 4.39 Å². The van der Waals surface area contributed by atoms with E-state index in [4.69, 9.17) is 17.3 Å². The van der Waals surface area contributed by atoms with Crippen molar-refractivity contribution < 1.29 is 13.4 Å². The highest BCUT2D eigenvalue weighted by molar-refractivity contribution is 7.83. The Kier molecular flexibility index (Phi) is 10.4. The Labute approximate surface area is 264 Å². The maximum absolute atomic E-state index is 15.6. The zero-order chi connectivity index (χ0) is 32.2. The number of allylic oxidation sites excluding steroid dienone is 2. The van der Waals surface area contributed by atoms with Gasteiger partial charge in [-0.1, -0.05) is 30.7 Å². The molecule has 44 heavy (non-hydrogen) atoms. The third-order valence-electron chi connectivity index (χ3n) is 7.62. The van der Waals surface area contributed by atoms with Crippen molar-refractivity contribution in [1.29, 1.82) is 0 Å². The number of pyridine rings is 2. The van der Waals surface area contributed by atoms with Crippen LogP contribution < -0.4 is 16.6 Å². The summed E-state index contributed by atoms with van der Waals surface area (Å²) in [6.07, 6.45) is 15.5. The summed E-state index contributed by atoms with van der Waals surface area (Å²) >= 11 is 6.59. The van der Waals surface area contributed by atoms with Crippen LogP contribution >= 0.6 is 11.6 Å². The van der Waals surface area contributed by atoms with E-state index in [-0.39, 0.29) is 45.3 Å². The van der Waals surface area contributed by atoms with E-state index >= 15 is 4.39 Å². The van der Waals surface area contributed by atoms with Crippen LogP contribution in [-0.4, -0.2) is 37.9 Å². The second-order valence-corrected chi connectivity index (χ2v) is 13.3. The first-order valence-corrected chi connectivity index (χ1v) is 16.5. The number of hydrogen-bond acceptors (Lipinski definition) is 6. The number of aliphatic imine (C=N–C) groups is 1. The van der Waals surface area contributed by atoms with Crippen LogP contribution in [0.4, 0.5) is 15.8 Å². The van der Waals surface area contributed by atoms with E-state index in [0.29, 0.717) is 11.4 Å². The molecule has 1 amide bonds. The molecule has 2 heterocycles. The number of halogens is 2. The standard InChI is InChI=1S/C31H31ClFN5O2.C2H6OS/c1-4-11-36-25(21-6-5-7-26(28(21)33)37-30(40)31(3)9-10-31)8-12-38-18(2)13-24(27(32)29(38)39)23-15-22(23)19-14-20(34)17-35-16-19;1-4(2)3/h4-8,11-14,16-17,22-23H,9-10,15,34H2,1-3H3,(H,37,40);1-2H3/b11-4+,12-8+,36-25-;. The monoisotopic (exact) mass is 637 g/mol. The lowest BCUT2D eigenvalue weighted by atomic mass is 10.1. The molecule has 232 valence electrons. The Morgan fingerprint density at radius 3 is 2.59 bits per heavy atom. The van der Waals surface area contributed by atoms with E-state index in [0.717, 1.165) is 30.4 Å². The van der Waals surface area contributed by atoms with Gasteiger partial charge < -0.3 is 11.1 Å². The Morgan fingerprint density at radius 2 is 1.95 bits per heavy atom. The number of benzene rings is 1. The minimum absolute atomic E-state index is 0.0901. The van der Waals surface area contributed by atoms with Gasteiger partial charge in [0.2, 0.25) is 5.91 Å². The summed E-state index contributed by atoms with van der Waals surface area (Å²) < 4.78 is 26.5. The molecule has 0 radical (unpaired) electrons. The summed E-state index contributed by atoms with van der Waals surface area (Å²) in [5.41, 5.74) is 8.75. The van der Waals surface area contributed by atoms with Gasteiger partial charge in [-0.2, -0.15) is 0 Å². The van der Waals surface area contributed by atoms with Crippen molar-refractivity contribution in [2.75, 3.05) is 23.6 Å². The van der Waals surface area contributed by atoms with Crippen molar-refractivity contribution >= 4 is 51.6 Å². The smallest absolute Gasteiger partial charge is 0.273 e. The lowest BCUT2D eigenvalue weighted by Gasteiger charge is -2.13. The Hall–Kier alpha value is -3.89. The molecule has 0 aliphatic heterocycles. The maximum Gasteiger partial charge on any atom is 0.273 e. The van der Waals surface area contributed by atoms with Gasteiger partial charge in [-0.3, -0.25) is 28.3 Å². The van der Waals surface area contributed by atoms with Crippen LogP contribution in [0.3, 0.4) is 0 Å². The van der Waals surface area contributed by atoms with E-state index in [1.807, 2.05) is 26.0 Å². The number of nitrogens with one attached hydrogen (secondary N) is 1. The van der Waals surface area contributed by atoms with Gasteiger partial charge >= 0.3 is 0 Å². The van der Waals surface area contributed by atoms with Crippen molar-refractivity contribution in [3.05, 3.63) is 105 Å². The van der Waals surface area contributed by atoms with Gasteiger partial charge in [0.1, 0.15) is 5.02 Å². The minimum Gasteiger partial charge on any atom is -0.397 e. The molecule has 2 fully saturated rings. The molecule has 0 saturated heterocycles. The van der Waals surface area contributed by atoms with Crippen LogP contribution in [0.15, 0.2) is 70.9 Å². The van der Waals surface area contributed by atoms with Crippen molar-refractivity contribution in [3.63, 3.8) is 0 Å². The third kappa shape index (κ3) is 7.78. The van der Waals surface area contributed by atoms with Gasteiger partial charge in [0, 0.05) is 64.8 Å². The largest absolute Gasteiger partial charge is 0.397 e. The summed E-state index contributed by atoms with van der Waals surface area (Å²) in [4.78, 5) is 34.4. The lowest BCUT2D eigenvalue weighted by molar-refractivity contribution is -0.120. The van der Waals surface area contributed by atoms with Crippen LogP contribution in [0.2, 0.25) is 5.02 Å². The molecule has 2 unspecified atom stereocenters. The second-order valence-electron chi connectivity index (χ2n) is 11.5. The van der Waals surface area contributed by atoms with Gasteiger partial charge in [-0.05, 0) is 86.4 Å². The lowest BCUT2D eigenvalue weighted by Crippen LogP contribution is -2.22. The molecule has 3 aromatic rings. The van der Waals surface area contributed by atoms with Gasteiger partial charge in [-0.15, -0.1) is 0 Å². The predicted octanol–water partition coefficient (Wildman–Crippen LogP) is 6.42. The van der Waals surface area contributed by atoms with E-state index in [2.05, 4.69) is 15.3 Å². The molecule has 2 aromatic heterocycles. The first-order chi connectivity index (χ1) is 20.9. The SMILES string of the molecule is C/C=C/N=C(/C=C/n1c(C)cc(C2CC2c2cncc(N)c2)c(Cl)c1=O)c1cccc(NC(=O)C2(C)CC2)c1F.CS(C)=O. The zero-order valence-electron chi connectivity index (χ0n) is 25.4. The normalized spacial score (nSPS) is 18.8. The summed E-state index contributed by atoms with van der Waals surface area (Å²) in [6.45, 7) is 5.48. The van der Waals surface area contributed by atoms with Crippen molar-refractivity contribution in [1.82, 2.24) is 9.55 Å². The molecule has 8 nitrogen and oxygen atoms in total. The Morgan fingerprint density at radius 1 is 1.25 bits per heavy atom. The second kappa shape index (κ2) is 13.8. The van der Waals surface area contributed by atoms with E-state index in [9.17, 15) is 13.8 Å². The van der Waals surface area contributed by atoms with E-state index in [1.54, 1.807) is 62.3 Å². The highest BCUT2D eigenvalue weighted by Crippen LogP contribution is 2.55. The van der Waals surface area contributed by atoms with Crippen LogP contribution in [0.25, 0.3) is 6.20 Å². The number of aryl methyl sites for hydroxylation is 1. The predicted molar refractivity (Wildman–Crippen MR) is 178 cm³/mol. The van der Waals surface area contributed by atoms with Crippen LogP contribution in [0.1, 0.15) is 67.3 Å². The van der Waals surface area contributed by atoms with Crippen LogP contribution in [0.5, 0.6) is 0 Å². The summed E-state index contributed by atoms with van der Waals surface area (Å²) in [7, 11) is -0.611. The fourth-order valence-corrected chi connectivity index (χ4v) is 5.09. The number of anilines is 2. The quantitative estimate of drug-likeness (QED) is 0.276. The molecule has 3 N–H and O–H groups in total. The molecule has 0 spiro atoms. The zero-order valence-corrected chi connectivity index (χ0v) is 27.0. The number of nitrogens with zero attached hydrogens (tertiary/aromatic N) is 3. The number of nitrogen functional groups attached to an aromatic ring is 1. The highest BCUT2D eigenvalue weighted by atomic mass is 35.5. The van der Waals surface area contributed by atoms with Crippen LogP contribution in [0, 0.1) is 18.2 Å². The molecular weight excluding hydrogens is 601 g/mol. The number of carbonyl (C=O) groups excluding carboxylic acids is 1. The first-order valence-electron chi connectivity index (χ1n) is 14.2. The summed E-state index contributed by atoms with van der Waals surface area (Å²) in [5.74, 6) is -0.483. The molecule has 2 aliphatic carbocycles. The number of amides is 1. The van der Waals surface area contributed by atoms with Crippen LogP contribution in [-0.2, 0) is 15.6 Å². The minimum atomic E-state index is -0.611. The number of nitrogens with two attached hydrogens (primary N) is 1. The van der Waals surface area contributed by atoms with Crippen molar-refractivity contribution in [2.24, 2.45) is 10.4 Å². The fourth-order valence-electron chi connectivity index (χ4n) is 4.81. The van der Waals surface area contributed by atoms with E-state index < -0.39 is 22.0 Å². The molecule has 1 aromatic carbocycles. The van der Waals surface area contributed by atoms with Gasteiger partial charge in [0.25, 0.3) is 5.56 Å². The summed E-state index contributed by atoms with van der Waals surface area (Å²) in [5, 5.41) is 2.86. The molecule has 0 bridgehead atoms. The average Bonchev–Trinajstić information content (AvgIpc) is 3.90. The molecule has 2 atom stereocenters. The first kappa shape index (κ1) is 33.0. The molecule has 2 saturated carbocycles. The Bertz CT molecular complexity index is 1740. The van der Waals surface area contributed by atoms with Gasteiger partial charge in [0.15, 0.2) is 5.82 Å². The maximum atomic E-state index is 15.6. The number of rotatable bonds is 8. The molecular formula is C33H37ClFN5O3S. The Balaban J connectivity index is 0.00000104. The number of aromatic nitrogens is 2. The number of hydrogen-bond donors (Lipinski definition) is 2.